The fourth-order valence-corrected chi connectivity index (χ4v) is 2.91. The van der Waals surface area contributed by atoms with E-state index in [2.05, 4.69) is 27.3 Å². The molecule has 0 radical (unpaired) electrons. The smallest absolute Gasteiger partial charge is 0.140 e. The van der Waals surface area contributed by atoms with Crippen molar-refractivity contribution in [1.82, 2.24) is 0 Å². The van der Waals surface area contributed by atoms with Crippen LogP contribution >= 0.6 is 15.9 Å². The summed E-state index contributed by atoms with van der Waals surface area (Å²) < 4.78 is 14.3. The highest BCUT2D eigenvalue weighted by atomic mass is 79.9. The molecule has 0 unspecified atom stereocenters. The number of benzene rings is 2. The third-order valence-corrected chi connectivity index (χ3v) is 3.68. The van der Waals surface area contributed by atoms with Crippen LogP contribution in [0.2, 0.25) is 0 Å². The van der Waals surface area contributed by atoms with Gasteiger partial charge < -0.3 is 5.32 Å². The summed E-state index contributed by atoms with van der Waals surface area (Å²) in [6.07, 6.45) is 0. The highest BCUT2D eigenvalue weighted by Gasteiger charge is 2.06. The van der Waals surface area contributed by atoms with Crippen LogP contribution in [-0.4, -0.2) is 0 Å². The van der Waals surface area contributed by atoms with Crippen molar-refractivity contribution in [2.75, 3.05) is 5.32 Å². The van der Waals surface area contributed by atoms with Gasteiger partial charge in [0.15, 0.2) is 0 Å². The second kappa shape index (κ2) is 6.06. The summed E-state index contributed by atoms with van der Waals surface area (Å²) in [5.74, 6) is -0.482. The average Bonchev–Trinajstić information content (AvgIpc) is 2.39. The molecule has 0 atom stereocenters. The van der Waals surface area contributed by atoms with Crippen molar-refractivity contribution in [2.24, 2.45) is 0 Å². The summed E-state index contributed by atoms with van der Waals surface area (Å²) in [5.41, 5.74) is 4.28. The number of hydrogen-bond acceptors (Lipinski definition) is 2. The van der Waals surface area contributed by atoms with Gasteiger partial charge in [0, 0.05) is 11.0 Å². The Morgan fingerprint density at radius 3 is 2.65 bits per heavy atom. The first-order valence-electron chi connectivity index (χ1n) is 6.20. The van der Waals surface area contributed by atoms with E-state index in [0.717, 1.165) is 21.3 Å². The van der Waals surface area contributed by atoms with E-state index in [0.29, 0.717) is 6.54 Å². The van der Waals surface area contributed by atoms with Crippen molar-refractivity contribution in [1.29, 1.82) is 5.26 Å². The summed E-state index contributed by atoms with van der Waals surface area (Å²) in [4.78, 5) is 0. The van der Waals surface area contributed by atoms with Gasteiger partial charge in [-0.25, -0.2) is 4.39 Å². The number of halogens is 2. The summed E-state index contributed by atoms with van der Waals surface area (Å²) >= 11 is 3.54. The predicted octanol–water partition coefficient (Wildman–Crippen LogP) is 4.69. The molecule has 0 bridgehead atoms. The highest BCUT2D eigenvalue weighted by molar-refractivity contribution is 9.10. The zero-order chi connectivity index (χ0) is 14.7. The maximum absolute atomic E-state index is 13.3. The molecule has 2 aromatic carbocycles. The van der Waals surface area contributed by atoms with E-state index in [1.54, 1.807) is 12.1 Å². The SMILES string of the molecule is Cc1cc(C)c(NCc2ccc(F)c(C#N)c2)c(Br)c1. The van der Waals surface area contributed by atoms with Crippen LogP contribution in [0.3, 0.4) is 0 Å². The summed E-state index contributed by atoms with van der Waals surface area (Å²) in [6, 6.07) is 10.6. The number of aryl methyl sites for hydroxylation is 2. The standard InChI is InChI=1S/C16H14BrFN2/c1-10-5-11(2)16(14(17)6-10)20-9-12-3-4-15(18)13(7-12)8-19/h3-7,20H,9H2,1-2H3. The molecule has 0 aromatic heterocycles. The maximum Gasteiger partial charge on any atom is 0.140 e. The lowest BCUT2D eigenvalue weighted by molar-refractivity contribution is 0.623. The van der Waals surface area contributed by atoms with Crippen molar-refractivity contribution in [3.63, 3.8) is 0 Å². The van der Waals surface area contributed by atoms with E-state index in [1.807, 2.05) is 26.0 Å². The van der Waals surface area contributed by atoms with Gasteiger partial charge in [0.2, 0.25) is 0 Å². The molecule has 0 saturated carbocycles. The molecular formula is C16H14BrFN2. The number of hydrogen-bond donors (Lipinski definition) is 1. The Kier molecular flexibility index (Phi) is 4.41. The van der Waals surface area contributed by atoms with Crippen molar-refractivity contribution in [3.8, 4) is 6.07 Å². The Hall–Kier alpha value is -1.86. The average molecular weight is 333 g/mol. The van der Waals surface area contributed by atoms with Gasteiger partial charge in [-0.2, -0.15) is 5.26 Å². The molecule has 0 saturated heterocycles. The Morgan fingerprint density at radius 1 is 1.25 bits per heavy atom. The van der Waals surface area contributed by atoms with E-state index in [1.165, 1.54) is 11.6 Å². The van der Waals surface area contributed by atoms with Gasteiger partial charge in [-0.05, 0) is 64.7 Å². The topological polar surface area (TPSA) is 35.8 Å². The van der Waals surface area contributed by atoms with Crippen LogP contribution < -0.4 is 5.32 Å². The van der Waals surface area contributed by atoms with Gasteiger partial charge in [-0.15, -0.1) is 0 Å². The third-order valence-electron chi connectivity index (χ3n) is 3.05. The molecule has 2 rings (SSSR count). The van der Waals surface area contributed by atoms with Gasteiger partial charge in [-0.3, -0.25) is 0 Å². The minimum absolute atomic E-state index is 0.0731. The van der Waals surface area contributed by atoms with Gasteiger partial charge in [-0.1, -0.05) is 12.1 Å². The van der Waals surface area contributed by atoms with Crippen LogP contribution in [0.5, 0.6) is 0 Å². The van der Waals surface area contributed by atoms with E-state index < -0.39 is 5.82 Å². The first-order valence-corrected chi connectivity index (χ1v) is 6.99. The molecule has 0 aliphatic carbocycles. The number of rotatable bonds is 3. The Morgan fingerprint density at radius 2 is 2.00 bits per heavy atom. The molecule has 102 valence electrons. The van der Waals surface area contributed by atoms with E-state index in [-0.39, 0.29) is 5.56 Å². The minimum atomic E-state index is -0.482. The van der Waals surface area contributed by atoms with E-state index in [4.69, 9.17) is 5.26 Å². The Bertz CT molecular complexity index is 666. The molecule has 1 N–H and O–H groups in total. The third kappa shape index (κ3) is 3.17. The van der Waals surface area contributed by atoms with Crippen LogP contribution in [-0.2, 0) is 6.54 Å². The summed E-state index contributed by atoms with van der Waals surface area (Å²) in [7, 11) is 0. The fourth-order valence-electron chi connectivity index (χ4n) is 2.10. The Labute approximate surface area is 126 Å². The van der Waals surface area contributed by atoms with Gasteiger partial charge in [0.1, 0.15) is 11.9 Å². The molecule has 0 spiro atoms. The molecule has 2 nitrogen and oxygen atoms in total. The first-order chi connectivity index (χ1) is 9.51. The quantitative estimate of drug-likeness (QED) is 0.885. The maximum atomic E-state index is 13.3. The molecule has 0 aliphatic heterocycles. The molecule has 0 heterocycles. The van der Waals surface area contributed by atoms with Crippen LogP contribution in [0.25, 0.3) is 0 Å². The molecule has 20 heavy (non-hydrogen) atoms. The van der Waals surface area contributed by atoms with Crippen molar-refractivity contribution < 1.29 is 4.39 Å². The monoisotopic (exact) mass is 332 g/mol. The molecular weight excluding hydrogens is 319 g/mol. The van der Waals surface area contributed by atoms with Crippen LogP contribution in [0.4, 0.5) is 10.1 Å². The normalized spacial score (nSPS) is 10.2. The number of nitrogens with zero attached hydrogens (tertiary/aromatic N) is 1. The zero-order valence-electron chi connectivity index (χ0n) is 11.3. The molecule has 0 aliphatic rings. The largest absolute Gasteiger partial charge is 0.380 e. The summed E-state index contributed by atoms with van der Waals surface area (Å²) in [5, 5.41) is 12.1. The Balaban J connectivity index is 2.20. The zero-order valence-corrected chi connectivity index (χ0v) is 12.9. The lowest BCUT2D eigenvalue weighted by Crippen LogP contribution is -2.03. The first kappa shape index (κ1) is 14.5. The van der Waals surface area contributed by atoms with Crippen LogP contribution in [0, 0.1) is 31.0 Å². The number of nitrogens with one attached hydrogen (secondary N) is 1. The minimum Gasteiger partial charge on any atom is -0.380 e. The summed E-state index contributed by atoms with van der Waals surface area (Å²) in [6.45, 7) is 4.61. The molecule has 4 heteroatoms. The van der Waals surface area contributed by atoms with Gasteiger partial charge in [0.05, 0.1) is 11.3 Å². The second-order valence-electron chi connectivity index (χ2n) is 4.72. The highest BCUT2D eigenvalue weighted by Crippen LogP contribution is 2.28. The van der Waals surface area contributed by atoms with Crippen LogP contribution in [0.15, 0.2) is 34.8 Å². The predicted molar refractivity (Wildman–Crippen MR) is 82.1 cm³/mol. The number of anilines is 1. The van der Waals surface area contributed by atoms with Crippen molar-refractivity contribution in [2.45, 2.75) is 20.4 Å². The molecule has 0 amide bonds. The van der Waals surface area contributed by atoms with Gasteiger partial charge in [0.25, 0.3) is 0 Å². The second-order valence-corrected chi connectivity index (χ2v) is 5.57. The van der Waals surface area contributed by atoms with Crippen molar-refractivity contribution in [3.05, 3.63) is 62.9 Å². The number of nitriles is 1. The van der Waals surface area contributed by atoms with Gasteiger partial charge >= 0.3 is 0 Å². The lowest BCUT2D eigenvalue weighted by Gasteiger charge is -2.13. The van der Waals surface area contributed by atoms with Crippen LogP contribution in [0.1, 0.15) is 22.3 Å². The lowest BCUT2D eigenvalue weighted by atomic mass is 10.1. The van der Waals surface area contributed by atoms with Crippen molar-refractivity contribution >= 4 is 21.6 Å². The molecule has 0 fully saturated rings. The van der Waals surface area contributed by atoms with E-state index in [9.17, 15) is 4.39 Å². The molecule has 2 aromatic rings. The van der Waals surface area contributed by atoms with E-state index >= 15 is 0 Å². The fraction of sp³-hybridized carbons (Fsp3) is 0.188.